The fraction of sp³-hybridized carbons (Fsp3) is 0.235. The molecule has 0 saturated carbocycles. The third kappa shape index (κ3) is 4.67. The lowest BCUT2D eigenvalue weighted by Crippen LogP contribution is -2.32. The van der Waals surface area contributed by atoms with E-state index in [2.05, 4.69) is 10.6 Å². The van der Waals surface area contributed by atoms with Crippen LogP contribution >= 0.6 is 11.6 Å². The van der Waals surface area contributed by atoms with Gasteiger partial charge < -0.3 is 15.4 Å². The number of anilines is 1. The van der Waals surface area contributed by atoms with Crippen molar-refractivity contribution in [1.29, 1.82) is 0 Å². The van der Waals surface area contributed by atoms with Crippen LogP contribution in [0.4, 0.5) is 10.5 Å². The van der Waals surface area contributed by atoms with Crippen molar-refractivity contribution >= 4 is 23.3 Å². The van der Waals surface area contributed by atoms with Gasteiger partial charge in [-0.1, -0.05) is 35.9 Å². The van der Waals surface area contributed by atoms with Gasteiger partial charge in [0.1, 0.15) is 12.4 Å². The molecule has 2 N–H and O–H groups in total. The predicted octanol–water partition coefficient (Wildman–Crippen LogP) is 4.16. The summed E-state index contributed by atoms with van der Waals surface area (Å²) in [5, 5.41) is 6.11. The molecule has 5 heteroatoms. The van der Waals surface area contributed by atoms with Crippen molar-refractivity contribution in [3.05, 3.63) is 58.6 Å². The lowest BCUT2D eigenvalue weighted by molar-refractivity contribution is 0.247. The van der Waals surface area contributed by atoms with Gasteiger partial charge in [-0.25, -0.2) is 4.79 Å². The van der Waals surface area contributed by atoms with Crippen LogP contribution in [0.15, 0.2) is 42.5 Å². The summed E-state index contributed by atoms with van der Waals surface area (Å²) in [4.78, 5) is 11.8. The number of amides is 2. The Morgan fingerprint density at radius 1 is 1.14 bits per heavy atom. The van der Waals surface area contributed by atoms with Crippen LogP contribution in [-0.4, -0.2) is 19.2 Å². The van der Waals surface area contributed by atoms with Gasteiger partial charge in [-0.15, -0.1) is 0 Å². The van der Waals surface area contributed by atoms with Gasteiger partial charge in [-0.2, -0.15) is 0 Å². The van der Waals surface area contributed by atoms with E-state index in [1.54, 1.807) is 12.1 Å². The zero-order valence-electron chi connectivity index (χ0n) is 12.7. The summed E-state index contributed by atoms with van der Waals surface area (Å²) in [7, 11) is 0. The molecule has 0 aliphatic heterocycles. The van der Waals surface area contributed by atoms with E-state index in [0.29, 0.717) is 23.9 Å². The Hall–Kier alpha value is -2.20. The van der Waals surface area contributed by atoms with Crippen molar-refractivity contribution in [2.45, 2.75) is 13.8 Å². The molecule has 0 unspecified atom stereocenters. The first kappa shape index (κ1) is 16.2. The Kier molecular flexibility index (Phi) is 5.67. The number of para-hydroxylation sites is 1. The van der Waals surface area contributed by atoms with E-state index in [0.717, 1.165) is 16.9 Å². The van der Waals surface area contributed by atoms with Gasteiger partial charge in [-0.05, 0) is 43.2 Å². The Morgan fingerprint density at radius 2 is 1.91 bits per heavy atom. The molecule has 0 saturated heterocycles. The van der Waals surface area contributed by atoms with Gasteiger partial charge in [0.15, 0.2) is 0 Å². The molecule has 0 spiro atoms. The fourth-order valence-corrected chi connectivity index (χ4v) is 2.11. The second-order valence-electron chi connectivity index (χ2n) is 4.95. The van der Waals surface area contributed by atoms with Crippen LogP contribution in [0.25, 0.3) is 0 Å². The van der Waals surface area contributed by atoms with E-state index in [-0.39, 0.29) is 6.03 Å². The number of ether oxygens (including phenoxy) is 1. The van der Waals surface area contributed by atoms with E-state index in [1.807, 2.05) is 44.2 Å². The van der Waals surface area contributed by atoms with Crippen molar-refractivity contribution < 1.29 is 9.53 Å². The van der Waals surface area contributed by atoms with Gasteiger partial charge >= 0.3 is 6.03 Å². The molecular weight excluding hydrogens is 300 g/mol. The summed E-state index contributed by atoms with van der Waals surface area (Å²) in [5.41, 5.74) is 2.72. The van der Waals surface area contributed by atoms with E-state index >= 15 is 0 Å². The molecule has 0 fully saturated rings. The maximum Gasteiger partial charge on any atom is 0.319 e. The van der Waals surface area contributed by atoms with E-state index < -0.39 is 0 Å². The first-order valence-electron chi connectivity index (χ1n) is 7.05. The molecule has 0 heterocycles. The zero-order chi connectivity index (χ0) is 15.9. The van der Waals surface area contributed by atoms with Crippen LogP contribution in [0.1, 0.15) is 11.1 Å². The van der Waals surface area contributed by atoms with E-state index in [4.69, 9.17) is 16.3 Å². The normalized spacial score (nSPS) is 10.1. The van der Waals surface area contributed by atoms with Gasteiger partial charge in [0.05, 0.1) is 6.54 Å². The maximum absolute atomic E-state index is 11.8. The molecule has 2 aromatic carbocycles. The van der Waals surface area contributed by atoms with Crippen molar-refractivity contribution in [2.75, 3.05) is 18.5 Å². The summed E-state index contributed by atoms with van der Waals surface area (Å²) in [6.45, 7) is 4.72. The van der Waals surface area contributed by atoms with E-state index in [9.17, 15) is 4.79 Å². The summed E-state index contributed by atoms with van der Waals surface area (Å²) in [6.07, 6.45) is 0. The molecule has 4 nitrogen and oxygen atoms in total. The highest BCUT2D eigenvalue weighted by molar-refractivity contribution is 6.31. The lowest BCUT2D eigenvalue weighted by Gasteiger charge is -2.11. The number of aryl methyl sites for hydroxylation is 2. The molecule has 0 bridgehead atoms. The van der Waals surface area contributed by atoms with Crippen LogP contribution in [0.3, 0.4) is 0 Å². The minimum Gasteiger partial charge on any atom is -0.491 e. The molecule has 0 aliphatic carbocycles. The number of nitrogens with one attached hydrogen (secondary N) is 2. The second-order valence-corrected chi connectivity index (χ2v) is 5.39. The second kappa shape index (κ2) is 7.71. The number of carbonyl (C=O) groups excluding carboxylic acids is 1. The number of carbonyl (C=O) groups is 1. The Bertz CT molecular complexity index is 659. The lowest BCUT2D eigenvalue weighted by atomic mass is 10.2. The average Bonchev–Trinajstić information content (AvgIpc) is 2.49. The molecule has 2 rings (SSSR count). The predicted molar refractivity (Wildman–Crippen MR) is 89.9 cm³/mol. The zero-order valence-corrected chi connectivity index (χ0v) is 13.4. The van der Waals surface area contributed by atoms with Crippen molar-refractivity contribution in [2.24, 2.45) is 0 Å². The highest BCUT2D eigenvalue weighted by atomic mass is 35.5. The van der Waals surface area contributed by atoms with Crippen molar-refractivity contribution in [3.8, 4) is 5.75 Å². The quantitative estimate of drug-likeness (QED) is 0.813. The minimum atomic E-state index is -0.279. The minimum absolute atomic E-state index is 0.279. The van der Waals surface area contributed by atoms with Gasteiger partial charge in [-0.3, -0.25) is 0 Å². The Morgan fingerprint density at radius 3 is 2.68 bits per heavy atom. The molecule has 116 valence electrons. The number of hydrogen-bond donors (Lipinski definition) is 2. The molecule has 22 heavy (non-hydrogen) atoms. The van der Waals surface area contributed by atoms with Crippen LogP contribution in [0.2, 0.25) is 5.02 Å². The van der Waals surface area contributed by atoms with Gasteiger partial charge in [0.2, 0.25) is 0 Å². The SMILES string of the molecule is Cc1ccc(Cl)cc1NC(=O)NCCOc1ccccc1C. The monoisotopic (exact) mass is 318 g/mol. The summed E-state index contributed by atoms with van der Waals surface area (Å²) in [5.74, 6) is 0.829. The van der Waals surface area contributed by atoms with Crippen LogP contribution in [0, 0.1) is 13.8 Å². The number of rotatable bonds is 5. The van der Waals surface area contributed by atoms with Crippen LogP contribution in [0.5, 0.6) is 5.75 Å². The highest BCUT2D eigenvalue weighted by Gasteiger charge is 2.05. The summed E-state index contributed by atoms with van der Waals surface area (Å²) in [6, 6.07) is 12.9. The molecule has 0 aliphatic rings. The molecule has 2 aromatic rings. The Labute approximate surface area is 135 Å². The number of urea groups is 1. The largest absolute Gasteiger partial charge is 0.491 e. The topological polar surface area (TPSA) is 50.4 Å². The van der Waals surface area contributed by atoms with Gasteiger partial charge in [0.25, 0.3) is 0 Å². The standard InChI is InChI=1S/C17H19ClN2O2/c1-12-7-8-14(18)11-15(12)20-17(21)19-9-10-22-16-6-4-3-5-13(16)2/h3-8,11H,9-10H2,1-2H3,(H2,19,20,21). The molecule has 0 aromatic heterocycles. The summed E-state index contributed by atoms with van der Waals surface area (Å²) < 4.78 is 5.62. The summed E-state index contributed by atoms with van der Waals surface area (Å²) >= 11 is 5.92. The smallest absolute Gasteiger partial charge is 0.319 e. The van der Waals surface area contributed by atoms with Crippen molar-refractivity contribution in [1.82, 2.24) is 5.32 Å². The first-order chi connectivity index (χ1) is 10.6. The third-order valence-corrected chi connectivity index (χ3v) is 3.42. The highest BCUT2D eigenvalue weighted by Crippen LogP contribution is 2.20. The first-order valence-corrected chi connectivity index (χ1v) is 7.43. The van der Waals surface area contributed by atoms with E-state index in [1.165, 1.54) is 0 Å². The Balaban J connectivity index is 1.76. The van der Waals surface area contributed by atoms with Crippen LogP contribution < -0.4 is 15.4 Å². The average molecular weight is 319 g/mol. The van der Waals surface area contributed by atoms with Crippen LogP contribution in [-0.2, 0) is 0 Å². The third-order valence-electron chi connectivity index (χ3n) is 3.19. The molecular formula is C17H19ClN2O2. The molecule has 2 amide bonds. The van der Waals surface area contributed by atoms with Gasteiger partial charge in [0, 0.05) is 10.7 Å². The number of hydrogen-bond acceptors (Lipinski definition) is 2. The number of halogens is 1. The van der Waals surface area contributed by atoms with Crippen molar-refractivity contribution in [3.63, 3.8) is 0 Å². The molecule has 0 atom stereocenters. The maximum atomic E-state index is 11.8. The molecule has 0 radical (unpaired) electrons. The fourth-order valence-electron chi connectivity index (χ4n) is 1.94. The number of benzene rings is 2.